The Morgan fingerprint density at radius 1 is 0.953 bits per heavy atom. The van der Waals surface area contributed by atoms with Gasteiger partial charge in [-0.3, -0.25) is 10.2 Å². The standard InChI is InChI=1S/C33H30Br2FN3O4/c34-25-12-6-22(7-13-25)20-33(32(41)39-37-21-23-8-14-26(36)15-9-23)30(28-4-1-2-5-29(28)35)43-31(38-33)24-10-16-27(17-11-24)42-19-3-18-40/h1-2,4-17,30,37,40H,3,18-21H2,(H,39,41)/t30-,33-/m0/s1. The number of carbonyl (C=O) groups is 1. The van der Waals surface area contributed by atoms with Crippen LogP contribution >= 0.6 is 31.9 Å². The summed E-state index contributed by atoms with van der Waals surface area (Å²) in [7, 11) is 0. The first kappa shape index (κ1) is 30.9. The third kappa shape index (κ3) is 7.51. The van der Waals surface area contributed by atoms with Crippen molar-refractivity contribution >= 4 is 43.7 Å². The van der Waals surface area contributed by atoms with E-state index in [4.69, 9.17) is 19.6 Å². The fourth-order valence-corrected chi connectivity index (χ4v) is 5.55. The molecule has 1 aliphatic rings. The number of hydrogen-bond acceptors (Lipinski definition) is 6. The van der Waals surface area contributed by atoms with Crippen LogP contribution in [0.3, 0.4) is 0 Å². The molecule has 0 radical (unpaired) electrons. The monoisotopic (exact) mass is 709 g/mol. The number of aliphatic hydroxyl groups is 1. The molecule has 0 aromatic heterocycles. The Balaban J connectivity index is 1.51. The van der Waals surface area contributed by atoms with Crippen molar-refractivity contribution in [1.82, 2.24) is 10.9 Å². The highest BCUT2D eigenvalue weighted by Crippen LogP contribution is 2.44. The molecule has 0 fully saturated rings. The molecule has 0 aliphatic carbocycles. The summed E-state index contributed by atoms with van der Waals surface area (Å²) < 4.78 is 27.3. The first-order chi connectivity index (χ1) is 20.9. The minimum absolute atomic E-state index is 0.0560. The van der Waals surface area contributed by atoms with Crippen LogP contribution in [0.5, 0.6) is 5.75 Å². The van der Waals surface area contributed by atoms with Gasteiger partial charge < -0.3 is 14.6 Å². The van der Waals surface area contributed by atoms with Gasteiger partial charge in [0, 0.05) is 46.1 Å². The van der Waals surface area contributed by atoms with Crippen molar-refractivity contribution in [1.29, 1.82) is 0 Å². The number of benzene rings is 4. The van der Waals surface area contributed by atoms with E-state index in [1.165, 1.54) is 12.1 Å². The topological polar surface area (TPSA) is 92.2 Å². The van der Waals surface area contributed by atoms with Gasteiger partial charge in [0.25, 0.3) is 5.91 Å². The number of rotatable bonds is 12. The van der Waals surface area contributed by atoms with E-state index in [0.29, 0.717) is 30.2 Å². The number of ether oxygens (including phenoxy) is 2. The van der Waals surface area contributed by atoms with Crippen LogP contribution in [-0.2, 0) is 22.5 Å². The molecule has 222 valence electrons. The minimum Gasteiger partial charge on any atom is -0.494 e. The van der Waals surface area contributed by atoms with E-state index in [-0.39, 0.29) is 31.3 Å². The fraction of sp³-hybridized carbons (Fsp3) is 0.212. The van der Waals surface area contributed by atoms with E-state index in [1.807, 2.05) is 72.8 Å². The van der Waals surface area contributed by atoms with Crippen LogP contribution in [0.25, 0.3) is 0 Å². The number of nitrogens with one attached hydrogen (secondary N) is 2. The molecule has 5 rings (SSSR count). The van der Waals surface area contributed by atoms with Gasteiger partial charge in [0.2, 0.25) is 5.90 Å². The lowest BCUT2D eigenvalue weighted by Crippen LogP contribution is -2.53. The SMILES string of the molecule is O=C(NNCc1ccc(F)cc1)[C@@]1(Cc2ccc(Br)cc2)N=C(c2ccc(OCCCO)cc2)O[C@H]1c1ccccc1Br. The van der Waals surface area contributed by atoms with Gasteiger partial charge in [-0.25, -0.2) is 14.8 Å². The second-order valence-electron chi connectivity index (χ2n) is 10.0. The number of aliphatic hydroxyl groups excluding tert-OH is 1. The van der Waals surface area contributed by atoms with Gasteiger partial charge in [0.15, 0.2) is 11.6 Å². The van der Waals surface area contributed by atoms with E-state index in [2.05, 4.69) is 42.7 Å². The molecule has 0 spiro atoms. The van der Waals surface area contributed by atoms with E-state index in [9.17, 15) is 9.18 Å². The average Bonchev–Trinajstić information content (AvgIpc) is 3.40. The number of aliphatic imine (C=N–C) groups is 1. The van der Waals surface area contributed by atoms with Crippen LogP contribution in [0.1, 0.15) is 34.8 Å². The quantitative estimate of drug-likeness (QED) is 0.116. The van der Waals surface area contributed by atoms with Crippen LogP contribution in [0.15, 0.2) is 111 Å². The second kappa shape index (κ2) is 14.3. The van der Waals surface area contributed by atoms with Crippen LogP contribution in [0, 0.1) is 5.82 Å². The van der Waals surface area contributed by atoms with E-state index >= 15 is 0 Å². The lowest BCUT2D eigenvalue weighted by atomic mass is 9.82. The molecule has 0 unspecified atom stereocenters. The summed E-state index contributed by atoms with van der Waals surface area (Å²) in [6, 6.07) is 28.7. The molecule has 4 aromatic rings. The van der Waals surface area contributed by atoms with Crippen LogP contribution in [0.2, 0.25) is 0 Å². The summed E-state index contributed by atoms with van der Waals surface area (Å²) in [5, 5.41) is 9.04. The average molecular weight is 711 g/mol. The molecule has 4 aromatic carbocycles. The van der Waals surface area contributed by atoms with Crippen molar-refractivity contribution in [2.24, 2.45) is 4.99 Å². The van der Waals surface area contributed by atoms with Gasteiger partial charge in [0.1, 0.15) is 11.6 Å². The van der Waals surface area contributed by atoms with Crippen LogP contribution in [0.4, 0.5) is 4.39 Å². The second-order valence-corrected chi connectivity index (χ2v) is 11.8. The molecule has 7 nitrogen and oxygen atoms in total. The highest BCUT2D eigenvalue weighted by atomic mass is 79.9. The molecule has 10 heteroatoms. The molecule has 1 heterocycles. The normalized spacial score (nSPS) is 17.7. The molecule has 1 aliphatic heterocycles. The molecule has 0 saturated carbocycles. The van der Waals surface area contributed by atoms with Crippen molar-refractivity contribution in [3.63, 3.8) is 0 Å². The molecular weight excluding hydrogens is 681 g/mol. The summed E-state index contributed by atoms with van der Waals surface area (Å²) in [5.74, 6) is 0.278. The van der Waals surface area contributed by atoms with E-state index in [1.54, 1.807) is 12.1 Å². The molecule has 0 saturated heterocycles. The van der Waals surface area contributed by atoms with Crippen LogP contribution in [-0.4, -0.2) is 35.7 Å². The molecular formula is C33H30Br2FN3O4. The van der Waals surface area contributed by atoms with Gasteiger partial charge in [-0.1, -0.05) is 74.3 Å². The van der Waals surface area contributed by atoms with Gasteiger partial charge in [0.05, 0.1) is 6.61 Å². The number of carbonyl (C=O) groups excluding carboxylic acids is 1. The molecule has 3 N–H and O–H groups in total. The summed E-state index contributed by atoms with van der Waals surface area (Å²) >= 11 is 7.15. The van der Waals surface area contributed by atoms with Gasteiger partial charge in [-0.15, -0.1) is 0 Å². The zero-order valence-corrected chi connectivity index (χ0v) is 26.3. The Bertz CT molecular complexity index is 1570. The number of halogens is 3. The molecule has 1 amide bonds. The lowest BCUT2D eigenvalue weighted by molar-refractivity contribution is -0.130. The van der Waals surface area contributed by atoms with Crippen molar-refractivity contribution in [3.8, 4) is 5.75 Å². The number of nitrogens with zero attached hydrogens (tertiary/aromatic N) is 1. The highest BCUT2D eigenvalue weighted by molar-refractivity contribution is 9.10. The van der Waals surface area contributed by atoms with Crippen LogP contribution < -0.4 is 15.6 Å². The zero-order valence-electron chi connectivity index (χ0n) is 23.1. The van der Waals surface area contributed by atoms with Crippen molar-refractivity contribution in [3.05, 3.63) is 134 Å². The number of hydrazine groups is 1. The maximum Gasteiger partial charge on any atom is 0.266 e. The highest BCUT2D eigenvalue weighted by Gasteiger charge is 2.53. The largest absolute Gasteiger partial charge is 0.494 e. The Hall–Kier alpha value is -3.57. The maximum absolute atomic E-state index is 14.3. The first-order valence-electron chi connectivity index (χ1n) is 13.8. The van der Waals surface area contributed by atoms with Gasteiger partial charge in [-0.05, 0) is 65.7 Å². The van der Waals surface area contributed by atoms with Gasteiger partial charge in [-0.2, -0.15) is 0 Å². The van der Waals surface area contributed by atoms with E-state index < -0.39 is 11.6 Å². The fourth-order valence-electron chi connectivity index (χ4n) is 4.80. The third-order valence-corrected chi connectivity index (χ3v) is 8.26. The zero-order chi connectivity index (χ0) is 30.2. The summed E-state index contributed by atoms with van der Waals surface area (Å²) in [4.78, 5) is 19.3. The third-order valence-electron chi connectivity index (χ3n) is 7.01. The Kier molecular flexibility index (Phi) is 10.2. The Morgan fingerprint density at radius 2 is 1.65 bits per heavy atom. The molecule has 43 heavy (non-hydrogen) atoms. The number of amides is 1. The first-order valence-corrected chi connectivity index (χ1v) is 15.3. The number of hydrogen-bond donors (Lipinski definition) is 3. The summed E-state index contributed by atoms with van der Waals surface area (Å²) in [6.45, 7) is 0.745. The predicted molar refractivity (Wildman–Crippen MR) is 170 cm³/mol. The molecule has 2 atom stereocenters. The maximum atomic E-state index is 14.3. The molecule has 0 bridgehead atoms. The van der Waals surface area contributed by atoms with E-state index in [0.717, 1.165) is 25.6 Å². The van der Waals surface area contributed by atoms with Crippen molar-refractivity contribution < 1.29 is 23.8 Å². The lowest BCUT2D eigenvalue weighted by Gasteiger charge is -2.31. The van der Waals surface area contributed by atoms with Crippen molar-refractivity contribution in [2.45, 2.75) is 31.0 Å². The summed E-state index contributed by atoms with van der Waals surface area (Å²) in [6.07, 6.45) is 0.0193. The van der Waals surface area contributed by atoms with Crippen molar-refractivity contribution in [2.75, 3.05) is 13.2 Å². The Morgan fingerprint density at radius 3 is 2.35 bits per heavy atom. The predicted octanol–water partition coefficient (Wildman–Crippen LogP) is 6.43. The smallest absolute Gasteiger partial charge is 0.266 e. The van der Waals surface area contributed by atoms with Gasteiger partial charge >= 0.3 is 0 Å². The minimum atomic E-state index is -1.39. The Labute approximate surface area is 266 Å². The summed E-state index contributed by atoms with van der Waals surface area (Å²) in [5.41, 5.74) is 7.62.